The maximum Gasteiger partial charge on any atom is 0.253 e. The normalized spacial score (nSPS) is 10.3. The summed E-state index contributed by atoms with van der Waals surface area (Å²) in [6.45, 7) is 0.440. The molecule has 2 rings (SSSR count). The lowest BCUT2D eigenvalue weighted by Gasteiger charge is -2.13. The second-order valence-electron chi connectivity index (χ2n) is 4.84. The van der Waals surface area contributed by atoms with Crippen LogP contribution in [0.2, 0.25) is 10.0 Å². The van der Waals surface area contributed by atoms with Crippen molar-refractivity contribution in [3.63, 3.8) is 0 Å². The highest BCUT2D eigenvalue weighted by atomic mass is 35.5. The van der Waals surface area contributed by atoms with Crippen LogP contribution in [-0.2, 0) is 6.54 Å². The van der Waals surface area contributed by atoms with Crippen molar-refractivity contribution in [2.24, 2.45) is 0 Å². The van der Waals surface area contributed by atoms with Gasteiger partial charge >= 0.3 is 0 Å². The molecule has 0 unspecified atom stereocenters. The van der Waals surface area contributed by atoms with Crippen molar-refractivity contribution in [3.05, 3.63) is 63.6 Å². The highest BCUT2D eigenvalue weighted by molar-refractivity contribution is 6.43. The van der Waals surface area contributed by atoms with Gasteiger partial charge in [-0.15, -0.1) is 0 Å². The summed E-state index contributed by atoms with van der Waals surface area (Å²) >= 11 is 11.9. The Morgan fingerprint density at radius 2 is 1.76 bits per heavy atom. The van der Waals surface area contributed by atoms with Crippen LogP contribution in [0.25, 0.3) is 0 Å². The van der Waals surface area contributed by atoms with Gasteiger partial charge in [0, 0.05) is 26.3 Å². The van der Waals surface area contributed by atoms with Crippen molar-refractivity contribution in [3.8, 4) is 0 Å². The Labute approximate surface area is 134 Å². The molecule has 0 bridgehead atoms. The fourth-order valence-electron chi connectivity index (χ4n) is 1.87. The summed E-state index contributed by atoms with van der Waals surface area (Å²) in [5.41, 5.74) is 2.52. The Balaban J connectivity index is 2.02. The molecule has 0 aliphatic carbocycles. The number of carbonyl (C=O) groups excluding carboxylic acids is 1. The minimum Gasteiger partial charge on any atom is -0.378 e. The molecule has 5 heteroatoms. The van der Waals surface area contributed by atoms with Crippen LogP contribution < -0.4 is 10.2 Å². The molecule has 0 aliphatic heterocycles. The largest absolute Gasteiger partial charge is 0.378 e. The maximum absolute atomic E-state index is 12.1. The first kappa shape index (κ1) is 15.7. The Morgan fingerprint density at radius 3 is 2.38 bits per heavy atom. The number of carbonyl (C=O) groups is 1. The van der Waals surface area contributed by atoms with Gasteiger partial charge in [-0.2, -0.15) is 0 Å². The van der Waals surface area contributed by atoms with E-state index in [4.69, 9.17) is 23.2 Å². The van der Waals surface area contributed by atoms with Crippen LogP contribution in [0, 0.1) is 0 Å². The summed E-state index contributed by atoms with van der Waals surface area (Å²) in [5, 5.41) is 3.49. The Bertz CT molecular complexity index is 639. The third-order valence-corrected chi connectivity index (χ3v) is 3.92. The number of benzene rings is 2. The molecule has 0 radical (unpaired) electrons. The minimum absolute atomic E-state index is 0.237. The number of anilines is 1. The van der Waals surface area contributed by atoms with Crippen molar-refractivity contribution < 1.29 is 4.79 Å². The maximum atomic E-state index is 12.1. The molecule has 1 N–H and O–H groups in total. The van der Waals surface area contributed by atoms with E-state index in [0.29, 0.717) is 17.1 Å². The second kappa shape index (κ2) is 6.83. The first-order chi connectivity index (χ1) is 9.99. The standard InChI is InChI=1S/C16H16Cl2N2O/c1-20(2)12-8-6-11(7-9-12)10-19-16(21)13-4-3-5-14(17)15(13)18/h3-9H,10H2,1-2H3,(H,19,21). The quantitative estimate of drug-likeness (QED) is 0.923. The third-order valence-electron chi connectivity index (χ3n) is 3.10. The number of amides is 1. The summed E-state index contributed by atoms with van der Waals surface area (Å²) in [6.07, 6.45) is 0. The monoisotopic (exact) mass is 322 g/mol. The third kappa shape index (κ3) is 3.90. The number of nitrogens with zero attached hydrogens (tertiary/aromatic N) is 1. The van der Waals surface area contributed by atoms with Crippen LogP contribution in [0.4, 0.5) is 5.69 Å². The second-order valence-corrected chi connectivity index (χ2v) is 5.63. The lowest BCUT2D eigenvalue weighted by molar-refractivity contribution is 0.0951. The van der Waals surface area contributed by atoms with Gasteiger partial charge < -0.3 is 10.2 Å². The van der Waals surface area contributed by atoms with E-state index >= 15 is 0 Å². The molecule has 110 valence electrons. The van der Waals surface area contributed by atoms with Crippen molar-refractivity contribution in [2.45, 2.75) is 6.54 Å². The zero-order valence-corrected chi connectivity index (χ0v) is 13.4. The van der Waals surface area contributed by atoms with Gasteiger partial charge in [0.15, 0.2) is 0 Å². The van der Waals surface area contributed by atoms with Gasteiger partial charge in [0.05, 0.1) is 15.6 Å². The molecule has 0 atom stereocenters. The van der Waals surface area contributed by atoms with Crippen LogP contribution in [0.3, 0.4) is 0 Å². The van der Waals surface area contributed by atoms with E-state index in [2.05, 4.69) is 5.32 Å². The molecule has 0 saturated carbocycles. The van der Waals surface area contributed by atoms with Crippen molar-refractivity contribution in [1.29, 1.82) is 0 Å². The van der Waals surface area contributed by atoms with Crippen molar-refractivity contribution in [1.82, 2.24) is 5.32 Å². The first-order valence-corrected chi connectivity index (χ1v) is 7.23. The molecular formula is C16H16Cl2N2O. The molecule has 2 aromatic carbocycles. The summed E-state index contributed by atoms with van der Waals surface area (Å²) < 4.78 is 0. The smallest absolute Gasteiger partial charge is 0.253 e. The topological polar surface area (TPSA) is 32.3 Å². The van der Waals surface area contributed by atoms with Gasteiger partial charge in [-0.25, -0.2) is 0 Å². The van der Waals surface area contributed by atoms with E-state index in [-0.39, 0.29) is 10.9 Å². The minimum atomic E-state index is -0.237. The fourth-order valence-corrected chi connectivity index (χ4v) is 2.26. The van der Waals surface area contributed by atoms with E-state index in [9.17, 15) is 4.79 Å². The van der Waals surface area contributed by atoms with Gasteiger partial charge in [-0.05, 0) is 29.8 Å². The van der Waals surface area contributed by atoms with Crippen molar-refractivity contribution in [2.75, 3.05) is 19.0 Å². The zero-order chi connectivity index (χ0) is 15.4. The average Bonchev–Trinajstić information content (AvgIpc) is 2.48. The first-order valence-electron chi connectivity index (χ1n) is 6.47. The van der Waals surface area contributed by atoms with E-state index in [1.165, 1.54) is 0 Å². The van der Waals surface area contributed by atoms with Crippen LogP contribution in [0.15, 0.2) is 42.5 Å². The van der Waals surface area contributed by atoms with Crippen LogP contribution in [0.1, 0.15) is 15.9 Å². The molecule has 2 aromatic rings. The molecule has 0 saturated heterocycles. The lowest BCUT2D eigenvalue weighted by Crippen LogP contribution is -2.23. The summed E-state index contributed by atoms with van der Waals surface area (Å²) in [7, 11) is 3.97. The fraction of sp³-hybridized carbons (Fsp3) is 0.188. The Kier molecular flexibility index (Phi) is 5.10. The van der Waals surface area contributed by atoms with E-state index in [1.54, 1.807) is 18.2 Å². The van der Waals surface area contributed by atoms with Gasteiger partial charge in [0.25, 0.3) is 5.91 Å². The Hall–Kier alpha value is -1.71. The highest BCUT2D eigenvalue weighted by Crippen LogP contribution is 2.25. The van der Waals surface area contributed by atoms with Gasteiger partial charge in [0.2, 0.25) is 0 Å². The predicted molar refractivity (Wildman–Crippen MR) is 88.4 cm³/mol. The molecule has 0 fully saturated rings. The van der Waals surface area contributed by atoms with E-state index in [1.807, 2.05) is 43.3 Å². The van der Waals surface area contributed by atoms with Gasteiger partial charge in [-0.3, -0.25) is 4.79 Å². The zero-order valence-electron chi connectivity index (χ0n) is 11.9. The number of nitrogens with one attached hydrogen (secondary N) is 1. The molecule has 21 heavy (non-hydrogen) atoms. The van der Waals surface area contributed by atoms with E-state index in [0.717, 1.165) is 11.3 Å². The van der Waals surface area contributed by atoms with E-state index < -0.39 is 0 Å². The lowest BCUT2D eigenvalue weighted by atomic mass is 10.1. The molecule has 3 nitrogen and oxygen atoms in total. The summed E-state index contributed by atoms with van der Waals surface area (Å²) in [6, 6.07) is 13.0. The average molecular weight is 323 g/mol. The SMILES string of the molecule is CN(C)c1ccc(CNC(=O)c2cccc(Cl)c2Cl)cc1. The molecule has 0 heterocycles. The number of hydrogen-bond donors (Lipinski definition) is 1. The van der Waals surface area contributed by atoms with Crippen LogP contribution in [-0.4, -0.2) is 20.0 Å². The molecule has 0 spiro atoms. The number of rotatable bonds is 4. The molecule has 0 aromatic heterocycles. The molecular weight excluding hydrogens is 307 g/mol. The van der Waals surface area contributed by atoms with Gasteiger partial charge in [-0.1, -0.05) is 41.4 Å². The highest BCUT2D eigenvalue weighted by Gasteiger charge is 2.12. The number of hydrogen-bond acceptors (Lipinski definition) is 2. The molecule has 1 amide bonds. The predicted octanol–water partition coefficient (Wildman–Crippen LogP) is 3.99. The Morgan fingerprint density at radius 1 is 1.10 bits per heavy atom. The molecule has 0 aliphatic rings. The van der Waals surface area contributed by atoms with Gasteiger partial charge in [0.1, 0.15) is 0 Å². The van der Waals surface area contributed by atoms with Crippen LogP contribution in [0.5, 0.6) is 0 Å². The van der Waals surface area contributed by atoms with Crippen molar-refractivity contribution >= 4 is 34.8 Å². The number of halogens is 2. The van der Waals surface area contributed by atoms with Crippen LogP contribution >= 0.6 is 23.2 Å². The summed E-state index contributed by atoms with van der Waals surface area (Å²) in [5.74, 6) is -0.237. The summed E-state index contributed by atoms with van der Waals surface area (Å²) in [4.78, 5) is 14.1.